The molecule has 2 atom stereocenters. The zero-order chi connectivity index (χ0) is 25.9. The minimum atomic E-state index is -0.892. The molecule has 2 unspecified atom stereocenters. The number of fused-ring (bicyclic) bond motifs is 1. The summed E-state index contributed by atoms with van der Waals surface area (Å²) in [6.45, 7) is 2.15. The highest BCUT2D eigenvalue weighted by Crippen LogP contribution is 2.34. The molecule has 3 aromatic rings. The molecule has 3 amide bonds. The second-order valence-corrected chi connectivity index (χ2v) is 8.90. The molecule has 10 nitrogen and oxygen atoms in total. The fraction of sp³-hybridized carbons (Fsp3) is 0.259. The fourth-order valence-electron chi connectivity index (χ4n) is 4.82. The van der Waals surface area contributed by atoms with Crippen molar-refractivity contribution in [3.8, 4) is 11.3 Å². The van der Waals surface area contributed by atoms with Crippen LogP contribution in [0.15, 0.2) is 67.1 Å². The highest BCUT2D eigenvalue weighted by Gasteiger charge is 2.45. The van der Waals surface area contributed by atoms with Gasteiger partial charge in [0, 0.05) is 42.3 Å². The van der Waals surface area contributed by atoms with E-state index in [-0.39, 0.29) is 11.5 Å². The van der Waals surface area contributed by atoms with Gasteiger partial charge < -0.3 is 15.4 Å². The molecule has 0 spiro atoms. The van der Waals surface area contributed by atoms with Crippen LogP contribution in [0.3, 0.4) is 0 Å². The number of pyridine rings is 1. The standard InChI is InChI=1S/C27H26N6O4/c1-17-30-16-20(24(31-17)19-7-3-2-4-8-19)26(35)37-22-9-5-6-14-32-23(34)15-21(18-10-12-29-13-11-18)33(25(22)32)27(28)36/h2-4,7-8,10-13,15-16,22,25H,5-6,9,14H2,1H3,(H2,28,36). The molecular weight excluding hydrogens is 472 g/mol. The lowest BCUT2D eigenvalue weighted by molar-refractivity contribution is -0.135. The number of primary amides is 1. The lowest BCUT2D eigenvalue weighted by Gasteiger charge is -2.44. The summed E-state index contributed by atoms with van der Waals surface area (Å²) in [4.78, 5) is 55.1. The first-order valence-electron chi connectivity index (χ1n) is 12.1. The number of aromatic nitrogens is 3. The quantitative estimate of drug-likeness (QED) is 0.547. The van der Waals surface area contributed by atoms with E-state index >= 15 is 0 Å². The first-order chi connectivity index (χ1) is 17.9. The van der Waals surface area contributed by atoms with E-state index < -0.39 is 24.3 Å². The predicted octanol–water partition coefficient (Wildman–Crippen LogP) is 3.15. The van der Waals surface area contributed by atoms with E-state index in [1.807, 2.05) is 30.3 Å². The van der Waals surface area contributed by atoms with Crippen LogP contribution in [0.5, 0.6) is 0 Å². The molecule has 2 aliphatic heterocycles. The van der Waals surface area contributed by atoms with Crippen LogP contribution < -0.4 is 5.73 Å². The van der Waals surface area contributed by atoms with Gasteiger partial charge in [-0.25, -0.2) is 19.6 Å². The molecule has 0 saturated carbocycles. The Balaban J connectivity index is 1.52. The number of hydrogen-bond donors (Lipinski definition) is 1. The van der Waals surface area contributed by atoms with Gasteiger partial charge in [-0.1, -0.05) is 30.3 Å². The smallest absolute Gasteiger partial charge is 0.342 e. The van der Waals surface area contributed by atoms with E-state index in [0.29, 0.717) is 48.6 Å². The minimum Gasteiger partial charge on any atom is -0.454 e. The number of ether oxygens (including phenoxy) is 1. The number of rotatable bonds is 4. The molecule has 2 aromatic heterocycles. The molecule has 2 aliphatic rings. The number of aryl methyl sites for hydroxylation is 1. The van der Waals surface area contributed by atoms with E-state index in [4.69, 9.17) is 10.5 Å². The Morgan fingerprint density at radius 3 is 2.54 bits per heavy atom. The van der Waals surface area contributed by atoms with E-state index in [9.17, 15) is 14.4 Å². The normalized spacial score (nSPS) is 19.5. The Labute approximate surface area is 213 Å². The molecule has 0 aliphatic carbocycles. The highest BCUT2D eigenvalue weighted by atomic mass is 16.5. The average Bonchev–Trinajstić information content (AvgIpc) is 3.12. The Morgan fingerprint density at radius 1 is 1.05 bits per heavy atom. The number of carbonyl (C=O) groups excluding carboxylic acids is 3. The summed E-state index contributed by atoms with van der Waals surface area (Å²) < 4.78 is 6.04. The van der Waals surface area contributed by atoms with E-state index in [1.54, 1.807) is 36.4 Å². The van der Waals surface area contributed by atoms with Gasteiger partial charge >= 0.3 is 12.0 Å². The van der Waals surface area contributed by atoms with Crippen molar-refractivity contribution in [2.24, 2.45) is 5.73 Å². The molecule has 0 bridgehead atoms. The van der Waals surface area contributed by atoms with Crippen molar-refractivity contribution in [3.05, 3.63) is 84.1 Å². The van der Waals surface area contributed by atoms with Crippen LogP contribution in [0.25, 0.3) is 17.0 Å². The molecule has 2 N–H and O–H groups in total. The summed E-state index contributed by atoms with van der Waals surface area (Å²) in [6.07, 6.45) is 6.11. The molecule has 188 valence electrons. The maximum absolute atomic E-state index is 13.6. The number of urea groups is 1. The summed E-state index contributed by atoms with van der Waals surface area (Å²) in [5.41, 5.74) is 8.20. The number of nitrogens with two attached hydrogens (primary N) is 1. The van der Waals surface area contributed by atoms with Gasteiger partial charge in [0.15, 0.2) is 6.17 Å². The van der Waals surface area contributed by atoms with Crippen LogP contribution in [0.2, 0.25) is 0 Å². The number of esters is 1. The van der Waals surface area contributed by atoms with Crippen LogP contribution in [0, 0.1) is 6.92 Å². The molecule has 1 aromatic carbocycles. The second-order valence-electron chi connectivity index (χ2n) is 8.90. The van der Waals surface area contributed by atoms with Crippen molar-refractivity contribution in [2.45, 2.75) is 38.5 Å². The molecule has 4 heterocycles. The third-order valence-corrected chi connectivity index (χ3v) is 6.51. The monoisotopic (exact) mass is 498 g/mol. The van der Waals surface area contributed by atoms with Crippen molar-refractivity contribution >= 4 is 23.6 Å². The maximum atomic E-state index is 13.6. The van der Waals surface area contributed by atoms with Gasteiger partial charge in [0.25, 0.3) is 0 Å². The van der Waals surface area contributed by atoms with Crippen LogP contribution in [-0.2, 0) is 9.53 Å². The van der Waals surface area contributed by atoms with Gasteiger partial charge in [-0.2, -0.15) is 0 Å². The molecule has 0 radical (unpaired) electrons. The Hall–Kier alpha value is -4.60. The Morgan fingerprint density at radius 2 is 1.81 bits per heavy atom. The summed E-state index contributed by atoms with van der Waals surface area (Å²) in [5, 5.41) is 0. The van der Waals surface area contributed by atoms with Crippen molar-refractivity contribution < 1.29 is 19.1 Å². The predicted molar refractivity (Wildman–Crippen MR) is 134 cm³/mol. The SMILES string of the molecule is Cc1ncc(C(=O)OC2CCCCN3C(=O)C=C(c4ccncc4)N(C(N)=O)C23)c(-c2ccccc2)n1. The number of nitrogens with zero attached hydrogens (tertiary/aromatic N) is 5. The zero-order valence-electron chi connectivity index (χ0n) is 20.3. The summed E-state index contributed by atoms with van der Waals surface area (Å²) in [5.74, 6) is -0.399. The fourth-order valence-corrected chi connectivity index (χ4v) is 4.82. The first kappa shape index (κ1) is 24.1. The number of hydrogen-bond acceptors (Lipinski definition) is 7. The van der Waals surface area contributed by atoms with Crippen LogP contribution in [-0.4, -0.2) is 61.5 Å². The van der Waals surface area contributed by atoms with E-state index in [0.717, 1.165) is 5.56 Å². The van der Waals surface area contributed by atoms with Crippen molar-refractivity contribution in [1.29, 1.82) is 0 Å². The first-order valence-corrected chi connectivity index (χ1v) is 12.1. The van der Waals surface area contributed by atoms with Crippen molar-refractivity contribution in [1.82, 2.24) is 24.8 Å². The van der Waals surface area contributed by atoms with Gasteiger partial charge in [0.2, 0.25) is 5.91 Å². The van der Waals surface area contributed by atoms with Crippen molar-refractivity contribution in [3.63, 3.8) is 0 Å². The van der Waals surface area contributed by atoms with E-state index in [1.165, 1.54) is 17.2 Å². The molecule has 1 saturated heterocycles. The molecule has 1 fully saturated rings. The summed E-state index contributed by atoms with van der Waals surface area (Å²) >= 11 is 0. The molecular formula is C27H26N6O4. The Kier molecular flexibility index (Phi) is 6.63. The van der Waals surface area contributed by atoms with Gasteiger partial charge in [0.05, 0.1) is 11.4 Å². The van der Waals surface area contributed by atoms with Gasteiger partial charge in [-0.05, 0) is 38.3 Å². The minimum absolute atomic E-state index is 0.199. The maximum Gasteiger partial charge on any atom is 0.342 e. The van der Waals surface area contributed by atoms with E-state index in [2.05, 4.69) is 15.0 Å². The molecule has 5 rings (SSSR count). The summed E-state index contributed by atoms with van der Waals surface area (Å²) in [7, 11) is 0. The van der Waals surface area contributed by atoms with Gasteiger partial charge in [-0.3, -0.25) is 14.7 Å². The third kappa shape index (κ3) is 4.77. The number of amides is 3. The average molecular weight is 499 g/mol. The largest absolute Gasteiger partial charge is 0.454 e. The molecule has 37 heavy (non-hydrogen) atoms. The summed E-state index contributed by atoms with van der Waals surface area (Å²) in [6, 6.07) is 11.9. The topological polar surface area (TPSA) is 132 Å². The van der Waals surface area contributed by atoms with Gasteiger partial charge in [0.1, 0.15) is 17.5 Å². The Bertz CT molecular complexity index is 1360. The highest BCUT2D eigenvalue weighted by molar-refractivity contribution is 6.01. The molecule has 10 heteroatoms. The van der Waals surface area contributed by atoms with Crippen LogP contribution in [0.4, 0.5) is 4.79 Å². The number of carbonyl (C=O) groups is 3. The lowest BCUT2D eigenvalue weighted by Crippen LogP contribution is -2.61. The lowest BCUT2D eigenvalue weighted by atomic mass is 10.0. The van der Waals surface area contributed by atoms with Gasteiger partial charge in [-0.15, -0.1) is 0 Å². The second kappa shape index (κ2) is 10.2. The third-order valence-electron chi connectivity index (χ3n) is 6.51. The zero-order valence-corrected chi connectivity index (χ0v) is 20.3. The van der Waals surface area contributed by atoms with Crippen LogP contribution >= 0.6 is 0 Å². The van der Waals surface area contributed by atoms with Crippen molar-refractivity contribution in [2.75, 3.05) is 6.54 Å². The van der Waals surface area contributed by atoms with Crippen LogP contribution in [0.1, 0.15) is 41.0 Å². The number of benzene rings is 1.